The molecule has 0 spiro atoms. The van der Waals surface area contributed by atoms with Crippen molar-refractivity contribution in [1.29, 1.82) is 0 Å². The molecule has 8 nitrogen and oxygen atoms in total. The van der Waals surface area contributed by atoms with Crippen molar-refractivity contribution in [2.45, 2.75) is 58.5 Å². The number of anilines is 1. The van der Waals surface area contributed by atoms with E-state index < -0.39 is 28.5 Å². The lowest BCUT2D eigenvalue weighted by molar-refractivity contribution is -0.139. The predicted molar refractivity (Wildman–Crippen MR) is 158 cm³/mol. The van der Waals surface area contributed by atoms with Crippen LogP contribution in [0.4, 0.5) is 5.69 Å². The zero-order valence-electron chi connectivity index (χ0n) is 24.1. The number of hydrogen-bond donors (Lipinski definition) is 1. The molecule has 9 heteroatoms. The van der Waals surface area contributed by atoms with Crippen molar-refractivity contribution in [1.82, 2.24) is 10.2 Å². The van der Waals surface area contributed by atoms with Gasteiger partial charge in [0, 0.05) is 13.1 Å². The predicted octanol–water partition coefficient (Wildman–Crippen LogP) is 4.76. The number of hydrogen-bond acceptors (Lipinski definition) is 5. The van der Waals surface area contributed by atoms with E-state index in [0.29, 0.717) is 18.0 Å². The van der Waals surface area contributed by atoms with E-state index in [1.165, 1.54) is 4.90 Å². The Morgan fingerprint density at radius 3 is 2.17 bits per heavy atom. The Kier molecular flexibility index (Phi) is 10.3. The van der Waals surface area contributed by atoms with Gasteiger partial charge in [0.25, 0.3) is 10.0 Å². The Balaban J connectivity index is 2.06. The van der Waals surface area contributed by atoms with Gasteiger partial charge in [-0.05, 0) is 87.2 Å². The number of benzene rings is 3. The molecule has 0 aromatic heterocycles. The van der Waals surface area contributed by atoms with Crippen LogP contribution in [-0.4, -0.2) is 51.4 Å². The van der Waals surface area contributed by atoms with E-state index in [-0.39, 0.29) is 17.3 Å². The lowest BCUT2D eigenvalue weighted by atomic mass is 10.1. The third kappa shape index (κ3) is 7.63. The highest BCUT2D eigenvalue weighted by molar-refractivity contribution is 7.92. The lowest BCUT2D eigenvalue weighted by Crippen LogP contribution is -2.51. The Bertz CT molecular complexity index is 1420. The summed E-state index contributed by atoms with van der Waals surface area (Å²) in [6.45, 7) is 9.33. The molecule has 40 heavy (non-hydrogen) atoms. The minimum Gasteiger partial charge on any atom is -0.497 e. The van der Waals surface area contributed by atoms with E-state index in [0.717, 1.165) is 33.0 Å². The maximum absolute atomic E-state index is 14.0. The van der Waals surface area contributed by atoms with Crippen molar-refractivity contribution in [2.24, 2.45) is 0 Å². The Labute approximate surface area is 238 Å². The molecule has 0 saturated heterocycles. The van der Waals surface area contributed by atoms with Gasteiger partial charge in [-0.15, -0.1) is 0 Å². The number of carbonyl (C=O) groups is 2. The molecular formula is C31H39N3O5S. The molecular weight excluding hydrogens is 526 g/mol. The number of amides is 2. The number of nitrogens with one attached hydrogen (secondary N) is 1. The first-order valence-corrected chi connectivity index (χ1v) is 14.8. The van der Waals surface area contributed by atoms with Crippen molar-refractivity contribution < 1.29 is 22.7 Å². The van der Waals surface area contributed by atoms with Gasteiger partial charge < -0.3 is 15.0 Å². The summed E-state index contributed by atoms with van der Waals surface area (Å²) in [5.74, 6) is -0.193. The molecule has 0 heterocycles. The molecule has 2 amide bonds. The smallest absolute Gasteiger partial charge is 0.264 e. The van der Waals surface area contributed by atoms with Crippen molar-refractivity contribution >= 4 is 27.5 Å². The fourth-order valence-corrected chi connectivity index (χ4v) is 5.80. The number of sulfonamides is 1. The van der Waals surface area contributed by atoms with Crippen LogP contribution in [0.5, 0.6) is 5.75 Å². The second-order valence-corrected chi connectivity index (χ2v) is 11.9. The first-order chi connectivity index (χ1) is 19.0. The second-order valence-electron chi connectivity index (χ2n) is 10.0. The average molecular weight is 566 g/mol. The summed E-state index contributed by atoms with van der Waals surface area (Å²) in [5, 5.41) is 2.85. The Morgan fingerprint density at radius 2 is 1.57 bits per heavy atom. The molecule has 0 radical (unpaired) electrons. The van der Waals surface area contributed by atoms with E-state index in [1.807, 2.05) is 45.9 Å². The van der Waals surface area contributed by atoms with Gasteiger partial charge in [-0.25, -0.2) is 8.42 Å². The van der Waals surface area contributed by atoms with Crippen molar-refractivity contribution in [3.63, 3.8) is 0 Å². The van der Waals surface area contributed by atoms with Crippen molar-refractivity contribution in [3.05, 3.63) is 89.0 Å². The van der Waals surface area contributed by atoms with Gasteiger partial charge in [-0.2, -0.15) is 0 Å². The summed E-state index contributed by atoms with van der Waals surface area (Å²) in [6, 6.07) is 18.4. The highest BCUT2D eigenvalue weighted by Crippen LogP contribution is 2.27. The minimum absolute atomic E-state index is 0.0816. The van der Waals surface area contributed by atoms with Crippen LogP contribution >= 0.6 is 0 Å². The maximum atomic E-state index is 14.0. The summed E-state index contributed by atoms with van der Waals surface area (Å²) >= 11 is 0. The fourth-order valence-electron chi connectivity index (χ4n) is 4.41. The Hall–Kier alpha value is -3.85. The van der Waals surface area contributed by atoms with Crippen LogP contribution in [0.15, 0.2) is 71.6 Å². The third-order valence-electron chi connectivity index (χ3n) is 6.59. The molecule has 3 aromatic rings. The van der Waals surface area contributed by atoms with Crippen LogP contribution in [0.1, 0.15) is 42.5 Å². The quantitative estimate of drug-likeness (QED) is 0.342. The van der Waals surface area contributed by atoms with E-state index in [9.17, 15) is 18.0 Å². The number of ether oxygens (including phenoxy) is 1. The number of methoxy groups -OCH3 is 1. The molecule has 214 valence electrons. The normalized spacial score (nSPS) is 11.9. The molecule has 1 unspecified atom stereocenters. The van der Waals surface area contributed by atoms with E-state index in [2.05, 4.69) is 5.32 Å². The zero-order valence-corrected chi connectivity index (χ0v) is 24.9. The molecule has 3 rings (SSSR count). The summed E-state index contributed by atoms with van der Waals surface area (Å²) in [6.07, 6.45) is 0.748. The SMILES string of the molecule is CCCNC(=O)C(C)N(Cc1cccc(OC)c1)C(=O)CN(c1cc(C)cc(C)c1)S(=O)(=O)c1ccc(C)cc1. The molecule has 0 aliphatic carbocycles. The molecule has 0 fully saturated rings. The largest absolute Gasteiger partial charge is 0.497 e. The van der Waals surface area contributed by atoms with Gasteiger partial charge >= 0.3 is 0 Å². The first kappa shape index (κ1) is 30.7. The third-order valence-corrected chi connectivity index (χ3v) is 8.37. The molecule has 0 saturated carbocycles. The van der Waals surface area contributed by atoms with Crippen LogP contribution < -0.4 is 14.4 Å². The molecule has 0 aliphatic rings. The summed E-state index contributed by atoms with van der Waals surface area (Å²) in [4.78, 5) is 28.5. The van der Waals surface area contributed by atoms with Crippen LogP contribution in [0.2, 0.25) is 0 Å². The number of nitrogens with zero attached hydrogens (tertiary/aromatic N) is 2. The molecule has 0 aliphatic heterocycles. The van der Waals surface area contributed by atoms with E-state index in [4.69, 9.17) is 4.74 Å². The topological polar surface area (TPSA) is 96.0 Å². The first-order valence-electron chi connectivity index (χ1n) is 13.3. The number of aryl methyl sites for hydroxylation is 3. The molecule has 1 atom stereocenters. The van der Waals surface area contributed by atoms with Crippen LogP contribution in [0.3, 0.4) is 0 Å². The standard InChI is InChI=1S/C31H39N3O5S/c1-7-15-32-31(36)25(5)33(20-26-9-8-10-28(19-26)39-6)30(35)21-34(27-17-23(3)16-24(4)18-27)40(37,38)29-13-11-22(2)12-14-29/h8-14,16-19,25H,7,15,20-21H2,1-6H3,(H,32,36). The summed E-state index contributed by atoms with van der Waals surface area (Å²) < 4.78 is 34.4. The molecule has 3 aromatic carbocycles. The minimum atomic E-state index is -4.11. The number of rotatable bonds is 12. The van der Waals surface area contributed by atoms with Gasteiger partial charge in [0.15, 0.2) is 0 Å². The summed E-state index contributed by atoms with van der Waals surface area (Å²) in [5.41, 5.74) is 3.79. The van der Waals surface area contributed by atoms with Gasteiger partial charge in [-0.3, -0.25) is 13.9 Å². The highest BCUT2D eigenvalue weighted by Gasteiger charge is 2.32. The monoisotopic (exact) mass is 565 g/mol. The van der Waals surface area contributed by atoms with Gasteiger partial charge in [-0.1, -0.05) is 42.8 Å². The molecule has 1 N–H and O–H groups in total. The fraction of sp³-hybridized carbons (Fsp3) is 0.355. The van der Waals surface area contributed by atoms with Crippen molar-refractivity contribution in [2.75, 3.05) is 24.5 Å². The van der Waals surface area contributed by atoms with Gasteiger partial charge in [0.05, 0.1) is 17.7 Å². The second kappa shape index (κ2) is 13.5. The molecule has 0 bridgehead atoms. The van der Waals surface area contributed by atoms with Crippen LogP contribution in [0.25, 0.3) is 0 Å². The van der Waals surface area contributed by atoms with Crippen LogP contribution in [-0.2, 0) is 26.2 Å². The zero-order chi connectivity index (χ0) is 29.4. The summed E-state index contributed by atoms with van der Waals surface area (Å²) in [7, 11) is -2.56. The average Bonchev–Trinajstić information content (AvgIpc) is 2.92. The van der Waals surface area contributed by atoms with E-state index >= 15 is 0 Å². The Morgan fingerprint density at radius 1 is 0.925 bits per heavy atom. The van der Waals surface area contributed by atoms with Gasteiger partial charge in [0.2, 0.25) is 11.8 Å². The maximum Gasteiger partial charge on any atom is 0.264 e. The number of carbonyl (C=O) groups excluding carboxylic acids is 2. The lowest BCUT2D eigenvalue weighted by Gasteiger charge is -2.32. The van der Waals surface area contributed by atoms with Gasteiger partial charge in [0.1, 0.15) is 18.3 Å². The van der Waals surface area contributed by atoms with E-state index in [1.54, 1.807) is 62.6 Å². The van der Waals surface area contributed by atoms with Crippen molar-refractivity contribution in [3.8, 4) is 5.75 Å². The highest BCUT2D eigenvalue weighted by atomic mass is 32.2. The van der Waals surface area contributed by atoms with Crippen LogP contribution in [0, 0.1) is 20.8 Å².